The number of thiophene rings is 1. The highest BCUT2D eigenvalue weighted by Gasteiger charge is 2.19. The molecule has 0 atom stereocenters. The smallest absolute Gasteiger partial charge is 0.345 e. The summed E-state index contributed by atoms with van der Waals surface area (Å²) in [6.07, 6.45) is 0. The van der Waals surface area contributed by atoms with Crippen LogP contribution in [0.4, 0.5) is 5.69 Å². The van der Waals surface area contributed by atoms with Gasteiger partial charge in [-0.25, -0.2) is 4.79 Å². The SMILES string of the molecule is Cc1cc(Br)cc([N+](=O)[O-])c1OCc1ccc(C(=O)O)s1. The van der Waals surface area contributed by atoms with Crippen LogP contribution in [0.1, 0.15) is 20.1 Å². The number of nitro benzene ring substituents is 1. The number of carboxylic acids is 1. The van der Waals surface area contributed by atoms with Crippen LogP contribution in [-0.4, -0.2) is 16.0 Å². The molecule has 0 amide bonds. The molecule has 0 spiro atoms. The Morgan fingerprint density at radius 2 is 2.19 bits per heavy atom. The minimum Gasteiger partial charge on any atom is -0.481 e. The molecule has 8 heteroatoms. The number of benzene rings is 1. The van der Waals surface area contributed by atoms with Gasteiger partial charge in [0, 0.05) is 15.4 Å². The van der Waals surface area contributed by atoms with Crippen LogP contribution in [0.2, 0.25) is 0 Å². The Balaban J connectivity index is 2.23. The summed E-state index contributed by atoms with van der Waals surface area (Å²) < 4.78 is 6.12. The van der Waals surface area contributed by atoms with Crippen molar-refractivity contribution >= 4 is 38.9 Å². The number of carbonyl (C=O) groups is 1. The van der Waals surface area contributed by atoms with Crippen LogP contribution in [0.15, 0.2) is 28.7 Å². The molecule has 21 heavy (non-hydrogen) atoms. The molecule has 0 aliphatic rings. The molecule has 0 radical (unpaired) electrons. The van der Waals surface area contributed by atoms with E-state index in [2.05, 4.69) is 15.9 Å². The van der Waals surface area contributed by atoms with E-state index in [0.29, 0.717) is 14.9 Å². The maximum atomic E-state index is 11.1. The first-order valence-corrected chi connectivity index (χ1v) is 7.38. The normalized spacial score (nSPS) is 10.4. The molecular formula is C13H10BrNO5S. The van der Waals surface area contributed by atoms with E-state index < -0.39 is 10.9 Å². The number of rotatable bonds is 5. The lowest BCUT2D eigenvalue weighted by atomic mass is 10.2. The summed E-state index contributed by atoms with van der Waals surface area (Å²) in [5.41, 5.74) is 0.503. The van der Waals surface area contributed by atoms with Crippen molar-refractivity contribution in [2.24, 2.45) is 0 Å². The van der Waals surface area contributed by atoms with E-state index in [1.807, 2.05) is 0 Å². The molecule has 0 saturated heterocycles. The molecule has 2 rings (SSSR count). The topological polar surface area (TPSA) is 89.7 Å². The number of carboxylic acid groups (broad SMARTS) is 1. The second kappa shape index (κ2) is 6.23. The molecule has 0 bridgehead atoms. The average Bonchev–Trinajstić information content (AvgIpc) is 2.85. The summed E-state index contributed by atoms with van der Waals surface area (Å²) in [6, 6.07) is 6.21. The fourth-order valence-electron chi connectivity index (χ4n) is 1.75. The Hall–Kier alpha value is -1.93. The fourth-order valence-corrected chi connectivity index (χ4v) is 3.07. The first-order chi connectivity index (χ1) is 9.88. The highest BCUT2D eigenvalue weighted by atomic mass is 79.9. The second-order valence-corrected chi connectivity index (χ2v) is 6.27. The van der Waals surface area contributed by atoms with Gasteiger partial charge in [-0.1, -0.05) is 15.9 Å². The van der Waals surface area contributed by atoms with E-state index in [0.717, 1.165) is 11.3 Å². The fraction of sp³-hybridized carbons (Fsp3) is 0.154. The molecule has 2 aromatic rings. The molecule has 1 aromatic carbocycles. The summed E-state index contributed by atoms with van der Waals surface area (Å²) in [7, 11) is 0. The van der Waals surface area contributed by atoms with Crippen LogP contribution >= 0.6 is 27.3 Å². The number of aromatic carboxylic acids is 1. The van der Waals surface area contributed by atoms with Crippen molar-refractivity contribution < 1.29 is 19.6 Å². The number of nitrogens with zero attached hydrogens (tertiary/aromatic N) is 1. The quantitative estimate of drug-likeness (QED) is 0.633. The van der Waals surface area contributed by atoms with Crippen LogP contribution in [0.3, 0.4) is 0 Å². The van der Waals surface area contributed by atoms with Crippen LogP contribution in [0.25, 0.3) is 0 Å². The number of aryl methyl sites for hydroxylation is 1. The van der Waals surface area contributed by atoms with Crippen molar-refractivity contribution in [1.82, 2.24) is 0 Å². The summed E-state index contributed by atoms with van der Waals surface area (Å²) in [4.78, 5) is 22.2. The number of hydrogen-bond donors (Lipinski definition) is 1. The van der Waals surface area contributed by atoms with Gasteiger partial charge in [0.1, 0.15) is 11.5 Å². The van der Waals surface area contributed by atoms with Crippen molar-refractivity contribution in [3.05, 3.63) is 54.2 Å². The lowest BCUT2D eigenvalue weighted by molar-refractivity contribution is -0.386. The minimum atomic E-state index is -1.00. The lowest BCUT2D eigenvalue weighted by Crippen LogP contribution is -2.00. The summed E-state index contributed by atoms with van der Waals surface area (Å²) >= 11 is 4.29. The maximum absolute atomic E-state index is 11.1. The van der Waals surface area contributed by atoms with Crippen molar-refractivity contribution in [3.8, 4) is 5.75 Å². The summed E-state index contributed by atoms with van der Waals surface area (Å²) in [5, 5.41) is 19.9. The van der Waals surface area contributed by atoms with Crippen LogP contribution in [0, 0.1) is 17.0 Å². The van der Waals surface area contributed by atoms with Crippen molar-refractivity contribution in [3.63, 3.8) is 0 Å². The van der Waals surface area contributed by atoms with Gasteiger partial charge in [-0.05, 0) is 30.7 Å². The van der Waals surface area contributed by atoms with Gasteiger partial charge >= 0.3 is 11.7 Å². The lowest BCUT2D eigenvalue weighted by Gasteiger charge is -2.09. The number of hydrogen-bond acceptors (Lipinski definition) is 5. The Bertz CT molecular complexity index is 713. The van der Waals surface area contributed by atoms with Crippen molar-refractivity contribution in [2.75, 3.05) is 0 Å². The van der Waals surface area contributed by atoms with E-state index in [1.165, 1.54) is 12.1 Å². The predicted molar refractivity (Wildman–Crippen MR) is 81.1 cm³/mol. The van der Waals surface area contributed by atoms with Gasteiger partial charge in [-0.2, -0.15) is 0 Å². The van der Waals surface area contributed by atoms with Gasteiger partial charge in [-0.15, -0.1) is 11.3 Å². The van der Waals surface area contributed by atoms with E-state index in [4.69, 9.17) is 9.84 Å². The molecule has 6 nitrogen and oxygen atoms in total. The predicted octanol–water partition coefficient (Wildman–Crippen LogP) is 4.00. The van der Waals surface area contributed by atoms with Crippen molar-refractivity contribution in [2.45, 2.75) is 13.5 Å². The molecule has 0 aliphatic heterocycles. The van der Waals surface area contributed by atoms with E-state index in [1.54, 1.807) is 19.1 Å². The summed E-state index contributed by atoms with van der Waals surface area (Å²) in [6.45, 7) is 1.80. The second-order valence-electron chi connectivity index (χ2n) is 4.19. The molecule has 0 unspecified atom stereocenters. The van der Waals surface area contributed by atoms with Gasteiger partial charge in [-0.3, -0.25) is 10.1 Å². The van der Waals surface area contributed by atoms with Crippen LogP contribution in [-0.2, 0) is 6.61 Å². The molecule has 0 saturated carbocycles. The Kier molecular flexibility index (Phi) is 4.59. The van der Waals surface area contributed by atoms with E-state index in [9.17, 15) is 14.9 Å². The Labute approximate surface area is 132 Å². The van der Waals surface area contributed by atoms with Gasteiger partial charge in [0.25, 0.3) is 0 Å². The van der Waals surface area contributed by atoms with Gasteiger partial charge in [0.2, 0.25) is 5.75 Å². The Morgan fingerprint density at radius 1 is 1.48 bits per heavy atom. The highest BCUT2D eigenvalue weighted by Crippen LogP contribution is 2.35. The first kappa shape index (κ1) is 15.5. The largest absolute Gasteiger partial charge is 0.481 e. The molecule has 1 aromatic heterocycles. The minimum absolute atomic E-state index is 0.0846. The highest BCUT2D eigenvalue weighted by molar-refractivity contribution is 9.10. The standard InChI is InChI=1S/C13H10BrNO5S/c1-7-4-8(14)5-10(15(18)19)12(7)20-6-9-2-3-11(21-9)13(16)17/h2-5H,6H2,1H3,(H,16,17). The molecular weight excluding hydrogens is 362 g/mol. The van der Waals surface area contributed by atoms with Gasteiger partial charge in [0.05, 0.1) is 4.92 Å². The molecule has 110 valence electrons. The zero-order valence-electron chi connectivity index (χ0n) is 10.8. The van der Waals surface area contributed by atoms with E-state index >= 15 is 0 Å². The van der Waals surface area contributed by atoms with Crippen LogP contribution < -0.4 is 4.74 Å². The zero-order chi connectivity index (χ0) is 15.6. The van der Waals surface area contributed by atoms with Crippen LogP contribution in [0.5, 0.6) is 5.75 Å². The molecule has 0 aliphatic carbocycles. The third kappa shape index (κ3) is 3.59. The molecule has 1 heterocycles. The number of nitro groups is 1. The van der Waals surface area contributed by atoms with Crippen molar-refractivity contribution in [1.29, 1.82) is 0 Å². The number of halogens is 1. The Morgan fingerprint density at radius 3 is 2.76 bits per heavy atom. The molecule has 0 fully saturated rings. The number of ether oxygens (including phenoxy) is 1. The van der Waals surface area contributed by atoms with Gasteiger partial charge < -0.3 is 9.84 Å². The van der Waals surface area contributed by atoms with E-state index in [-0.39, 0.29) is 22.9 Å². The monoisotopic (exact) mass is 371 g/mol. The third-order valence-corrected chi connectivity index (χ3v) is 4.15. The zero-order valence-corrected chi connectivity index (χ0v) is 13.2. The average molecular weight is 372 g/mol. The maximum Gasteiger partial charge on any atom is 0.345 e. The first-order valence-electron chi connectivity index (χ1n) is 5.78. The third-order valence-electron chi connectivity index (χ3n) is 2.65. The van der Waals surface area contributed by atoms with Gasteiger partial charge in [0.15, 0.2) is 0 Å². The summed E-state index contributed by atoms with van der Waals surface area (Å²) in [5.74, 6) is -0.814. The molecule has 1 N–H and O–H groups in total.